The zero-order valence-electron chi connectivity index (χ0n) is 14.8. The summed E-state index contributed by atoms with van der Waals surface area (Å²) in [6.07, 6.45) is 1.41. The first kappa shape index (κ1) is 17.8. The van der Waals surface area contributed by atoms with Crippen LogP contribution >= 0.6 is 0 Å². The van der Waals surface area contributed by atoms with Crippen LogP contribution in [0, 0.1) is 0 Å². The molecule has 1 aromatic heterocycles. The Kier molecular flexibility index (Phi) is 5.43. The molecule has 0 bridgehead atoms. The maximum atomic E-state index is 12.5. The van der Waals surface area contributed by atoms with Crippen molar-refractivity contribution in [1.82, 2.24) is 14.9 Å². The summed E-state index contributed by atoms with van der Waals surface area (Å²) in [5, 5.41) is 2.77. The predicted octanol–water partition coefficient (Wildman–Crippen LogP) is 1.27. The Hall–Kier alpha value is -3.00. The molecule has 1 aliphatic heterocycles. The summed E-state index contributed by atoms with van der Waals surface area (Å²) in [4.78, 5) is 36.6. The van der Waals surface area contributed by atoms with Crippen molar-refractivity contribution >= 4 is 23.4 Å². The lowest BCUT2D eigenvalue weighted by Crippen LogP contribution is -2.44. The highest BCUT2D eigenvalue weighted by Gasteiger charge is 2.17. The molecule has 1 aliphatic rings. The third kappa shape index (κ3) is 4.15. The summed E-state index contributed by atoms with van der Waals surface area (Å²) in [7, 11) is 3.41. The number of carbonyl (C=O) groups excluding carboxylic acids is 2. The summed E-state index contributed by atoms with van der Waals surface area (Å²) < 4.78 is 4.65. The number of likely N-dealkylation sites (N-methyl/N-ethyl adjacent to an activating group) is 1. The van der Waals surface area contributed by atoms with Gasteiger partial charge in [0.05, 0.1) is 12.7 Å². The van der Waals surface area contributed by atoms with Gasteiger partial charge >= 0.3 is 5.97 Å². The average molecular weight is 355 g/mol. The molecule has 3 rings (SSSR count). The van der Waals surface area contributed by atoms with Crippen molar-refractivity contribution in [2.24, 2.45) is 0 Å². The van der Waals surface area contributed by atoms with Gasteiger partial charge in [-0.1, -0.05) is 0 Å². The summed E-state index contributed by atoms with van der Waals surface area (Å²) in [6.45, 7) is 3.64. The van der Waals surface area contributed by atoms with E-state index in [9.17, 15) is 9.59 Å². The van der Waals surface area contributed by atoms with Crippen molar-refractivity contribution in [1.29, 1.82) is 0 Å². The number of nitrogens with zero attached hydrogens (tertiary/aromatic N) is 4. The number of esters is 1. The van der Waals surface area contributed by atoms with Crippen molar-refractivity contribution in [2.45, 2.75) is 0 Å². The molecule has 1 amide bonds. The van der Waals surface area contributed by atoms with E-state index in [2.05, 4.69) is 36.9 Å². The molecule has 8 heteroatoms. The van der Waals surface area contributed by atoms with Gasteiger partial charge in [-0.25, -0.2) is 14.8 Å². The Morgan fingerprint density at radius 2 is 1.77 bits per heavy atom. The summed E-state index contributed by atoms with van der Waals surface area (Å²) >= 11 is 0. The van der Waals surface area contributed by atoms with Crippen LogP contribution in [0.25, 0.3) is 0 Å². The van der Waals surface area contributed by atoms with Gasteiger partial charge in [-0.3, -0.25) is 4.79 Å². The Bertz CT molecular complexity index is 786. The fourth-order valence-electron chi connectivity index (χ4n) is 2.68. The van der Waals surface area contributed by atoms with E-state index >= 15 is 0 Å². The van der Waals surface area contributed by atoms with E-state index in [0.29, 0.717) is 16.9 Å². The van der Waals surface area contributed by atoms with E-state index in [1.54, 1.807) is 30.3 Å². The lowest BCUT2D eigenvalue weighted by Gasteiger charge is -2.33. The molecule has 1 aromatic carbocycles. The number of piperazine rings is 1. The normalized spacial score (nSPS) is 14.8. The van der Waals surface area contributed by atoms with Gasteiger partial charge in [-0.15, -0.1) is 0 Å². The molecule has 0 radical (unpaired) electrons. The first-order chi connectivity index (χ1) is 12.6. The van der Waals surface area contributed by atoms with Crippen molar-refractivity contribution in [2.75, 3.05) is 50.6 Å². The zero-order valence-corrected chi connectivity index (χ0v) is 14.8. The van der Waals surface area contributed by atoms with E-state index in [1.165, 1.54) is 13.4 Å². The van der Waals surface area contributed by atoms with Gasteiger partial charge in [0.15, 0.2) is 0 Å². The first-order valence-corrected chi connectivity index (χ1v) is 8.32. The maximum absolute atomic E-state index is 12.5. The molecule has 0 atom stereocenters. The fourth-order valence-corrected chi connectivity index (χ4v) is 2.68. The SMILES string of the molecule is COC(=O)c1ccc(NC(=O)c2cc(N3CCN(C)CC3)ncn2)cc1. The summed E-state index contributed by atoms with van der Waals surface area (Å²) in [5.74, 6) is 0.00313. The molecule has 2 aromatic rings. The monoisotopic (exact) mass is 355 g/mol. The minimum Gasteiger partial charge on any atom is -0.465 e. The highest BCUT2D eigenvalue weighted by molar-refractivity contribution is 6.03. The molecule has 8 nitrogen and oxygen atoms in total. The van der Waals surface area contributed by atoms with Crippen LogP contribution in [0.5, 0.6) is 0 Å². The predicted molar refractivity (Wildman–Crippen MR) is 97.5 cm³/mol. The second kappa shape index (κ2) is 7.92. The lowest BCUT2D eigenvalue weighted by molar-refractivity contribution is 0.0600. The van der Waals surface area contributed by atoms with Gasteiger partial charge in [0, 0.05) is 37.9 Å². The fraction of sp³-hybridized carbons (Fsp3) is 0.333. The quantitative estimate of drug-likeness (QED) is 0.826. The molecule has 26 heavy (non-hydrogen) atoms. The largest absolute Gasteiger partial charge is 0.465 e. The highest BCUT2D eigenvalue weighted by Crippen LogP contribution is 2.15. The van der Waals surface area contributed by atoms with E-state index < -0.39 is 5.97 Å². The molecule has 0 spiro atoms. The molecule has 2 heterocycles. The van der Waals surface area contributed by atoms with E-state index in [4.69, 9.17) is 0 Å². The zero-order chi connectivity index (χ0) is 18.5. The Morgan fingerprint density at radius 1 is 1.08 bits per heavy atom. The van der Waals surface area contributed by atoms with Gasteiger partial charge in [-0.2, -0.15) is 0 Å². The van der Waals surface area contributed by atoms with Crippen molar-refractivity contribution in [3.63, 3.8) is 0 Å². The molecular formula is C18H21N5O3. The van der Waals surface area contributed by atoms with Gasteiger partial charge in [0.2, 0.25) is 0 Å². The van der Waals surface area contributed by atoms with E-state index in [1.807, 2.05) is 0 Å². The number of hydrogen-bond acceptors (Lipinski definition) is 7. The molecule has 0 unspecified atom stereocenters. The first-order valence-electron chi connectivity index (χ1n) is 8.32. The number of methoxy groups -OCH3 is 1. The van der Waals surface area contributed by atoms with Gasteiger partial charge < -0.3 is 19.9 Å². The smallest absolute Gasteiger partial charge is 0.337 e. The average Bonchev–Trinajstić information content (AvgIpc) is 2.68. The number of amides is 1. The molecular weight excluding hydrogens is 334 g/mol. The van der Waals surface area contributed by atoms with Crippen LogP contribution in [0.2, 0.25) is 0 Å². The van der Waals surface area contributed by atoms with Crippen LogP contribution in [-0.4, -0.2) is 67.1 Å². The summed E-state index contributed by atoms with van der Waals surface area (Å²) in [6, 6.07) is 8.18. The number of anilines is 2. The minimum atomic E-state index is -0.421. The molecule has 136 valence electrons. The second-order valence-electron chi connectivity index (χ2n) is 6.07. The van der Waals surface area contributed by atoms with E-state index in [-0.39, 0.29) is 5.91 Å². The number of benzene rings is 1. The molecule has 1 N–H and O–H groups in total. The highest BCUT2D eigenvalue weighted by atomic mass is 16.5. The summed E-state index contributed by atoms with van der Waals surface area (Å²) in [5.41, 5.74) is 1.29. The molecule has 0 aliphatic carbocycles. The van der Waals surface area contributed by atoms with Crippen molar-refractivity contribution < 1.29 is 14.3 Å². The third-order valence-corrected chi connectivity index (χ3v) is 4.28. The second-order valence-corrected chi connectivity index (χ2v) is 6.07. The van der Waals surface area contributed by atoms with Crippen molar-refractivity contribution in [3.05, 3.63) is 47.9 Å². The number of carbonyl (C=O) groups is 2. The Labute approximate surface area is 151 Å². The van der Waals surface area contributed by atoms with Crippen LogP contribution < -0.4 is 10.2 Å². The number of aromatic nitrogens is 2. The standard InChI is InChI=1S/C18H21N5O3/c1-22-7-9-23(10-8-22)16-11-15(19-12-20-16)17(24)21-14-5-3-13(4-6-14)18(25)26-2/h3-6,11-12H,7-10H2,1-2H3,(H,21,24). The molecule has 1 saturated heterocycles. The molecule has 0 saturated carbocycles. The number of rotatable bonds is 4. The van der Waals surface area contributed by atoms with Crippen LogP contribution in [0.3, 0.4) is 0 Å². The third-order valence-electron chi connectivity index (χ3n) is 4.28. The van der Waals surface area contributed by atoms with Gasteiger partial charge in [-0.05, 0) is 31.3 Å². The van der Waals surface area contributed by atoms with E-state index in [0.717, 1.165) is 32.0 Å². The van der Waals surface area contributed by atoms with Gasteiger partial charge in [0.1, 0.15) is 17.8 Å². The van der Waals surface area contributed by atoms with Crippen LogP contribution in [0.4, 0.5) is 11.5 Å². The minimum absolute atomic E-state index is 0.297. The van der Waals surface area contributed by atoms with Crippen LogP contribution in [0.15, 0.2) is 36.7 Å². The topological polar surface area (TPSA) is 87.7 Å². The Morgan fingerprint density at radius 3 is 2.42 bits per heavy atom. The number of ether oxygens (including phenoxy) is 1. The van der Waals surface area contributed by atoms with Crippen LogP contribution in [-0.2, 0) is 4.74 Å². The molecule has 1 fully saturated rings. The Balaban J connectivity index is 1.68. The lowest BCUT2D eigenvalue weighted by atomic mass is 10.2. The van der Waals surface area contributed by atoms with Crippen LogP contribution in [0.1, 0.15) is 20.8 Å². The number of nitrogens with one attached hydrogen (secondary N) is 1. The number of hydrogen-bond donors (Lipinski definition) is 1. The maximum Gasteiger partial charge on any atom is 0.337 e. The van der Waals surface area contributed by atoms with Gasteiger partial charge in [0.25, 0.3) is 5.91 Å². The van der Waals surface area contributed by atoms with Crippen molar-refractivity contribution in [3.8, 4) is 0 Å².